The van der Waals surface area contributed by atoms with E-state index >= 15 is 0 Å². The van der Waals surface area contributed by atoms with Crippen LogP contribution in [0.1, 0.15) is 0 Å². The average molecular weight is 122 g/mol. The number of aliphatic hydroxyl groups excluding tert-OH is 1. The number of rotatable bonds is 1. The zero-order chi connectivity index (χ0) is 5.11. The fourth-order valence-electron chi connectivity index (χ4n) is 0.298. The summed E-state index contributed by atoms with van der Waals surface area (Å²) >= 11 is 0.947. The highest BCUT2D eigenvalue weighted by molar-refractivity contribution is 7.90. The van der Waals surface area contributed by atoms with E-state index in [1.165, 1.54) is 0 Å². The first kappa shape index (κ1) is 5.37. The van der Waals surface area contributed by atoms with E-state index in [9.17, 15) is 0 Å². The van der Waals surface area contributed by atoms with Gasteiger partial charge in [0.2, 0.25) is 0 Å². The maximum atomic E-state index is 8.35. The van der Waals surface area contributed by atoms with Gasteiger partial charge in [-0.2, -0.15) is 0 Å². The number of hydrogen-bond acceptors (Lipinski definition) is 4. The Hall–Kier alpha value is 0.230. The van der Waals surface area contributed by atoms with Gasteiger partial charge in [-0.15, -0.1) is 0 Å². The van der Waals surface area contributed by atoms with E-state index in [1.807, 2.05) is 0 Å². The van der Waals surface area contributed by atoms with Gasteiger partial charge in [0.25, 0.3) is 0 Å². The fourth-order valence-corrected chi connectivity index (χ4v) is 0.788. The van der Waals surface area contributed by atoms with Crippen molar-refractivity contribution in [3.05, 3.63) is 0 Å². The van der Waals surface area contributed by atoms with Crippen LogP contribution in [-0.4, -0.2) is 24.4 Å². The van der Waals surface area contributed by atoms with E-state index < -0.39 is 0 Å². The summed E-state index contributed by atoms with van der Waals surface area (Å²) in [5.74, 6) is 0. The summed E-state index contributed by atoms with van der Waals surface area (Å²) in [5, 5.41) is 8.35. The van der Waals surface area contributed by atoms with Gasteiger partial charge >= 0.3 is 0 Å². The van der Waals surface area contributed by atoms with Crippen LogP contribution in [0.15, 0.2) is 0 Å². The molecule has 1 aliphatic heterocycles. The molecule has 1 aliphatic rings. The molecule has 1 unspecified atom stereocenters. The van der Waals surface area contributed by atoms with Crippen molar-refractivity contribution in [2.24, 2.45) is 0 Å². The monoisotopic (exact) mass is 122 g/mol. The first-order chi connectivity index (χ1) is 3.43. The molecule has 7 heavy (non-hydrogen) atoms. The number of aliphatic hydroxyl groups is 1. The van der Waals surface area contributed by atoms with Crippen molar-refractivity contribution in [1.82, 2.24) is 0 Å². The Morgan fingerprint density at radius 3 is 3.00 bits per heavy atom. The SMILES string of the molecule is OCC1COSO1. The molecule has 0 bridgehead atoms. The molecule has 1 fully saturated rings. The summed E-state index contributed by atoms with van der Waals surface area (Å²) in [4.78, 5) is 0. The van der Waals surface area contributed by atoms with Crippen LogP contribution < -0.4 is 0 Å². The third-order valence-corrected chi connectivity index (χ3v) is 1.26. The molecule has 0 aliphatic carbocycles. The smallest absolute Gasteiger partial charge is 0.159 e. The molecule has 1 saturated heterocycles. The second-order valence-electron chi connectivity index (χ2n) is 1.25. The Morgan fingerprint density at radius 2 is 2.71 bits per heavy atom. The van der Waals surface area contributed by atoms with Crippen molar-refractivity contribution in [2.45, 2.75) is 6.10 Å². The second-order valence-corrected chi connectivity index (χ2v) is 1.82. The van der Waals surface area contributed by atoms with Crippen LogP contribution in [0.4, 0.5) is 0 Å². The van der Waals surface area contributed by atoms with Gasteiger partial charge < -0.3 is 5.11 Å². The lowest BCUT2D eigenvalue weighted by Gasteiger charge is -1.95. The van der Waals surface area contributed by atoms with Crippen LogP contribution in [0.3, 0.4) is 0 Å². The van der Waals surface area contributed by atoms with Crippen molar-refractivity contribution in [3.8, 4) is 0 Å². The summed E-state index contributed by atoms with van der Waals surface area (Å²) in [7, 11) is 0. The molecule has 0 aromatic carbocycles. The van der Waals surface area contributed by atoms with Gasteiger partial charge in [0.1, 0.15) is 6.10 Å². The molecule has 0 radical (unpaired) electrons. The maximum Gasteiger partial charge on any atom is 0.159 e. The van der Waals surface area contributed by atoms with Gasteiger partial charge in [0.05, 0.1) is 13.2 Å². The molecular formula is C3H6O3S. The quantitative estimate of drug-likeness (QED) is 0.495. The van der Waals surface area contributed by atoms with Gasteiger partial charge in [-0.05, 0) is 0 Å². The summed E-state index contributed by atoms with van der Waals surface area (Å²) in [5.41, 5.74) is 0. The third-order valence-electron chi connectivity index (χ3n) is 0.681. The van der Waals surface area contributed by atoms with E-state index in [2.05, 4.69) is 4.18 Å². The normalized spacial score (nSPS) is 31.3. The lowest BCUT2D eigenvalue weighted by Crippen LogP contribution is -2.13. The first-order valence-electron chi connectivity index (χ1n) is 1.99. The molecule has 3 nitrogen and oxygen atoms in total. The van der Waals surface area contributed by atoms with Crippen molar-refractivity contribution in [3.63, 3.8) is 0 Å². The van der Waals surface area contributed by atoms with Crippen LogP contribution in [0.25, 0.3) is 0 Å². The van der Waals surface area contributed by atoms with E-state index in [-0.39, 0.29) is 12.7 Å². The topological polar surface area (TPSA) is 38.7 Å². The van der Waals surface area contributed by atoms with Crippen LogP contribution >= 0.6 is 12.3 Å². The van der Waals surface area contributed by atoms with Crippen LogP contribution in [0.2, 0.25) is 0 Å². The Labute approximate surface area is 46.0 Å². The lowest BCUT2D eigenvalue weighted by molar-refractivity contribution is 0.139. The molecule has 0 saturated carbocycles. The van der Waals surface area contributed by atoms with Crippen LogP contribution in [-0.2, 0) is 8.37 Å². The Kier molecular flexibility index (Phi) is 1.93. The van der Waals surface area contributed by atoms with Crippen molar-refractivity contribution in [1.29, 1.82) is 0 Å². The molecular weight excluding hydrogens is 116 g/mol. The second kappa shape index (κ2) is 2.52. The molecule has 4 heteroatoms. The average Bonchev–Trinajstić information content (AvgIpc) is 2.14. The van der Waals surface area contributed by atoms with Crippen LogP contribution in [0.5, 0.6) is 0 Å². The fraction of sp³-hybridized carbons (Fsp3) is 1.00. The van der Waals surface area contributed by atoms with E-state index in [0.29, 0.717) is 6.61 Å². The number of hydrogen-bond donors (Lipinski definition) is 1. The summed E-state index contributed by atoms with van der Waals surface area (Å²) < 4.78 is 9.43. The molecule has 1 heterocycles. The Bertz CT molecular complexity index is 52.1. The molecule has 1 rings (SSSR count). The minimum absolute atomic E-state index is 0.0486. The van der Waals surface area contributed by atoms with Crippen molar-refractivity contribution in [2.75, 3.05) is 13.2 Å². The highest BCUT2D eigenvalue weighted by Gasteiger charge is 2.15. The Morgan fingerprint density at radius 1 is 1.86 bits per heavy atom. The zero-order valence-electron chi connectivity index (χ0n) is 3.66. The van der Waals surface area contributed by atoms with Gasteiger partial charge in [0.15, 0.2) is 12.3 Å². The lowest BCUT2D eigenvalue weighted by atomic mass is 10.4. The molecule has 0 aromatic heterocycles. The molecule has 0 aromatic rings. The van der Waals surface area contributed by atoms with E-state index in [4.69, 9.17) is 9.29 Å². The van der Waals surface area contributed by atoms with Crippen molar-refractivity contribution >= 4 is 12.3 Å². The summed E-state index contributed by atoms with van der Waals surface area (Å²) in [6.45, 7) is 0.550. The van der Waals surface area contributed by atoms with Gasteiger partial charge in [0, 0.05) is 0 Å². The molecule has 0 spiro atoms. The summed E-state index contributed by atoms with van der Waals surface area (Å²) in [6.07, 6.45) is -0.106. The Balaban J connectivity index is 2.14. The predicted octanol–water partition coefficient (Wildman–Crippen LogP) is -0.0427. The highest BCUT2D eigenvalue weighted by Crippen LogP contribution is 2.17. The molecule has 0 amide bonds. The largest absolute Gasteiger partial charge is 0.394 e. The minimum Gasteiger partial charge on any atom is -0.394 e. The third kappa shape index (κ3) is 1.31. The summed E-state index contributed by atoms with van der Waals surface area (Å²) in [6, 6.07) is 0. The van der Waals surface area contributed by atoms with E-state index in [1.54, 1.807) is 0 Å². The maximum absolute atomic E-state index is 8.35. The molecule has 1 atom stereocenters. The first-order valence-corrected chi connectivity index (χ1v) is 2.66. The molecule has 1 N–H and O–H groups in total. The van der Waals surface area contributed by atoms with E-state index in [0.717, 1.165) is 12.3 Å². The minimum atomic E-state index is -0.106. The van der Waals surface area contributed by atoms with Gasteiger partial charge in [-0.3, -0.25) is 8.37 Å². The molecule has 42 valence electrons. The van der Waals surface area contributed by atoms with Crippen molar-refractivity contribution < 1.29 is 13.5 Å². The van der Waals surface area contributed by atoms with Gasteiger partial charge in [-0.1, -0.05) is 0 Å². The highest BCUT2D eigenvalue weighted by atomic mass is 32.2. The zero-order valence-corrected chi connectivity index (χ0v) is 4.48. The predicted molar refractivity (Wildman–Crippen MR) is 25.5 cm³/mol. The van der Waals surface area contributed by atoms with Gasteiger partial charge in [-0.25, -0.2) is 0 Å². The van der Waals surface area contributed by atoms with Crippen LogP contribution in [0, 0.1) is 0 Å². The standard InChI is InChI=1S/C3H6O3S/c4-1-3-2-5-7-6-3/h3-4H,1-2H2.